The predicted molar refractivity (Wildman–Crippen MR) is 128 cm³/mol. The van der Waals surface area contributed by atoms with E-state index in [0.717, 1.165) is 27.6 Å². The summed E-state index contributed by atoms with van der Waals surface area (Å²) < 4.78 is 27.9. The van der Waals surface area contributed by atoms with Crippen LogP contribution in [0, 0.1) is 0 Å². The summed E-state index contributed by atoms with van der Waals surface area (Å²) in [5, 5.41) is 1.93. The molecule has 170 valence electrons. The Labute approximate surface area is 193 Å². The molecule has 0 unspecified atom stereocenters. The zero-order chi connectivity index (χ0) is 23.2. The van der Waals surface area contributed by atoms with Gasteiger partial charge in [0, 0.05) is 17.9 Å². The first-order valence-electron chi connectivity index (χ1n) is 10.6. The highest BCUT2D eigenvalue weighted by Gasteiger charge is 2.14. The average Bonchev–Trinajstić information content (AvgIpc) is 2.87. The van der Waals surface area contributed by atoms with Crippen LogP contribution in [0.25, 0.3) is 10.8 Å². The molecule has 0 fully saturated rings. The Morgan fingerprint density at radius 1 is 0.636 bits per heavy atom. The molecule has 0 bridgehead atoms. The predicted octanol–water partition coefficient (Wildman–Crippen LogP) is 5.44. The van der Waals surface area contributed by atoms with Crippen LogP contribution in [-0.2, 0) is 13.0 Å². The van der Waals surface area contributed by atoms with Crippen LogP contribution in [0.15, 0.2) is 66.7 Å². The second-order valence-electron chi connectivity index (χ2n) is 7.48. The number of pyridine rings is 1. The topological polar surface area (TPSA) is 59.0 Å². The standard InChI is InChI=1S/C27H27NO5/c1-29-23-11-10-19(13-24(23)30-2)12-22-21-16-26(32-4)25(31-3)14-20(21)15-27(28-22)33-17-18-8-6-5-7-9-18/h5-11,13-16H,12,17H2,1-4H3. The molecule has 0 amide bonds. The van der Waals surface area contributed by atoms with Gasteiger partial charge in [0.05, 0.1) is 34.1 Å². The smallest absolute Gasteiger partial charge is 0.214 e. The van der Waals surface area contributed by atoms with E-state index >= 15 is 0 Å². The van der Waals surface area contributed by atoms with Crippen LogP contribution < -0.4 is 23.7 Å². The minimum absolute atomic E-state index is 0.433. The van der Waals surface area contributed by atoms with E-state index in [4.69, 9.17) is 28.7 Å². The molecule has 0 aliphatic heterocycles. The summed E-state index contributed by atoms with van der Waals surface area (Å²) in [4.78, 5) is 4.85. The molecule has 0 spiro atoms. The second-order valence-corrected chi connectivity index (χ2v) is 7.48. The number of hydrogen-bond acceptors (Lipinski definition) is 6. The number of nitrogens with zero attached hydrogens (tertiary/aromatic N) is 1. The number of aromatic nitrogens is 1. The molecule has 6 heteroatoms. The van der Waals surface area contributed by atoms with Gasteiger partial charge in [-0.3, -0.25) is 0 Å². The number of ether oxygens (including phenoxy) is 5. The fourth-order valence-corrected chi connectivity index (χ4v) is 3.75. The maximum absolute atomic E-state index is 6.06. The highest BCUT2D eigenvalue weighted by atomic mass is 16.5. The number of methoxy groups -OCH3 is 4. The summed E-state index contributed by atoms with van der Waals surface area (Å²) in [6.07, 6.45) is 0.578. The molecule has 0 radical (unpaired) electrons. The van der Waals surface area contributed by atoms with E-state index in [0.29, 0.717) is 41.9 Å². The number of rotatable bonds is 9. The van der Waals surface area contributed by atoms with Crippen molar-refractivity contribution in [1.29, 1.82) is 0 Å². The molecular formula is C27H27NO5. The molecule has 6 nitrogen and oxygen atoms in total. The molecule has 1 heterocycles. The van der Waals surface area contributed by atoms with E-state index in [1.54, 1.807) is 28.4 Å². The molecule has 0 aliphatic rings. The molecule has 0 saturated heterocycles. The Bertz CT molecular complexity index is 1240. The van der Waals surface area contributed by atoms with Gasteiger partial charge in [0.2, 0.25) is 5.88 Å². The van der Waals surface area contributed by atoms with Gasteiger partial charge >= 0.3 is 0 Å². The summed E-state index contributed by atoms with van der Waals surface area (Å²) in [6, 6.07) is 21.7. The molecule has 33 heavy (non-hydrogen) atoms. The van der Waals surface area contributed by atoms with Crippen LogP contribution >= 0.6 is 0 Å². The first kappa shape index (κ1) is 22.3. The van der Waals surface area contributed by atoms with Crippen molar-refractivity contribution >= 4 is 10.8 Å². The highest BCUT2D eigenvalue weighted by Crippen LogP contribution is 2.36. The van der Waals surface area contributed by atoms with Crippen molar-refractivity contribution < 1.29 is 23.7 Å². The van der Waals surface area contributed by atoms with Gasteiger partial charge in [0.1, 0.15) is 6.61 Å². The third-order valence-corrected chi connectivity index (χ3v) is 5.44. The normalized spacial score (nSPS) is 10.7. The van der Waals surface area contributed by atoms with Crippen LogP contribution in [0.2, 0.25) is 0 Å². The van der Waals surface area contributed by atoms with E-state index in [1.807, 2.05) is 66.7 Å². The van der Waals surface area contributed by atoms with Crippen molar-refractivity contribution in [2.75, 3.05) is 28.4 Å². The molecule has 0 aliphatic carbocycles. The minimum atomic E-state index is 0.433. The number of hydrogen-bond donors (Lipinski definition) is 0. The summed E-state index contributed by atoms with van der Waals surface area (Å²) >= 11 is 0. The largest absolute Gasteiger partial charge is 0.493 e. The first-order chi connectivity index (χ1) is 16.1. The fraction of sp³-hybridized carbons (Fsp3) is 0.222. The lowest BCUT2D eigenvalue weighted by atomic mass is 10.0. The Kier molecular flexibility index (Phi) is 6.83. The number of fused-ring (bicyclic) bond motifs is 1. The quantitative estimate of drug-likeness (QED) is 0.342. The average molecular weight is 446 g/mol. The maximum Gasteiger partial charge on any atom is 0.214 e. The lowest BCUT2D eigenvalue weighted by Gasteiger charge is -2.15. The molecule has 3 aromatic carbocycles. The minimum Gasteiger partial charge on any atom is -0.493 e. The van der Waals surface area contributed by atoms with Gasteiger partial charge in [-0.05, 0) is 40.8 Å². The maximum atomic E-state index is 6.06. The van der Waals surface area contributed by atoms with E-state index in [-0.39, 0.29) is 0 Å². The van der Waals surface area contributed by atoms with Crippen LogP contribution in [0.5, 0.6) is 28.9 Å². The summed E-state index contributed by atoms with van der Waals surface area (Å²) in [7, 11) is 6.51. The molecule has 4 aromatic rings. The molecule has 0 atom stereocenters. The van der Waals surface area contributed by atoms with Crippen LogP contribution in [0.3, 0.4) is 0 Å². The van der Waals surface area contributed by atoms with E-state index in [1.165, 1.54) is 0 Å². The van der Waals surface area contributed by atoms with E-state index in [9.17, 15) is 0 Å². The monoisotopic (exact) mass is 445 g/mol. The van der Waals surface area contributed by atoms with Gasteiger partial charge in [-0.1, -0.05) is 36.4 Å². The van der Waals surface area contributed by atoms with Crippen molar-refractivity contribution in [3.05, 3.63) is 83.6 Å². The van der Waals surface area contributed by atoms with Crippen LogP contribution in [0.1, 0.15) is 16.8 Å². The van der Waals surface area contributed by atoms with Gasteiger partial charge in [-0.25, -0.2) is 4.98 Å². The zero-order valence-corrected chi connectivity index (χ0v) is 19.3. The number of benzene rings is 3. The highest BCUT2D eigenvalue weighted by molar-refractivity contribution is 5.89. The summed E-state index contributed by atoms with van der Waals surface area (Å²) in [6.45, 7) is 0.433. The first-order valence-corrected chi connectivity index (χ1v) is 10.6. The van der Waals surface area contributed by atoms with Crippen LogP contribution in [0.4, 0.5) is 0 Å². The van der Waals surface area contributed by atoms with Crippen molar-refractivity contribution in [1.82, 2.24) is 4.98 Å². The van der Waals surface area contributed by atoms with Crippen molar-refractivity contribution in [2.24, 2.45) is 0 Å². The lowest BCUT2D eigenvalue weighted by molar-refractivity contribution is 0.293. The molecule has 1 aromatic heterocycles. The molecular weight excluding hydrogens is 418 g/mol. The van der Waals surface area contributed by atoms with Gasteiger partial charge < -0.3 is 23.7 Å². The van der Waals surface area contributed by atoms with Gasteiger partial charge in [-0.15, -0.1) is 0 Å². The Morgan fingerprint density at radius 2 is 1.30 bits per heavy atom. The van der Waals surface area contributed by atoms with Gasteiger partial charge in [0.15, 0.2) is 23.0 Å². The third kappa shape index (κ3) is 4.95. The Balaban J connectivity index is 1.76. The molecule has 0 saturated carbocycles. The SMILES string of the molecule is COc1ccc(Cc2nc(OCc3ccccc3)cc3cc(OC)c(OC)cc23)cc1OC. The van der Waals surface area contributed by atoms with Gasteiger partial charge in [0.25, 0.3) is 0 Å². The van der Waals surface area contributed by atoms with E-state index in [2.05, 4.69) is 0 Å². The molecule has 4 rings (SSSR count). The van der Waals surface area contributed by atoms with Gasteiger partial charge in [-0.2, -0.15) is 0 Å². The van der Waals surface area contributed by atoms with Crippen molar-refractivity contribution in [2.45, 2.75) is 13.0 Å². The summed E-state index contributed by atoms with van der Waals surface area (Å²) in [5.41, 5.74) is 2.98. The third-order valence-electron chi connectivity index (χ3n) is 5.44. The second kappa shape index (κ2) is 10.1. The Hall–Kier alpha value is -3.93. The van der Waals surface area contributed by atoms with Crippen LogP contribution in [-0.4, -0.2) is 33.4 Å². The fourth-order valence-electron chi connectivity index (χ4n) is 3.75. The lowest BCUT2D eigenvalue weighted by Crippen LogP contribution is -2.02. The van der Waals surface area contributed by atoms with Crippen molar-refractivity contribution in [3.8, 4) is 28.9 Å². The van der Waals surface area contributed by atoms with Crippen molar-refractivity contribution in [3.63, 3.8) is 0 Å². The Morgan fingerprint density at radius 3 is 2.00 bits per heavy atom. The summed E-state index contributed by atoms with van der Waals surface area (Å²) in [5.74, 6) is 3.22. The van der Waals surface area contributed by atoms with E-state index < -0.39 is 0 Å². The molecule has 0 N–H and O–H groups in total. The zero-order valence-electron chi connectivity index (χ0n) is 19.3.